The molecule has 0 amide bonds. The molecule has 2 aromatic carbocycles. The molecule has 24 heavy (non-hydrogen) atoms. The molecule has 114 valence electrons. The van der Waals surface area contributed by atoms with Gasteiger partial charge in [0.2, 0.25) is 0 Å². The first-order valence-electron chi connectivity index (χ1n) is 7.38. The molecule has 0 aromatic heterocycles. The van der Waals surface area contributed by atoms with Crippen molar-refractivity contribution in [2.75, 3.05) is 0 Å². The van der Waals surface area contributed by atoms with Gasteiger partial charge in [0, 0.05) is 27.8 Å². The average Bonchev–Trinajstić information content (AvgIpc) is 2.61. The van der Waals surface area contributed by atoms with Gasteiger partial charge in [-0.25, -0.2) is 0 Å². The van der Waals surface area contributed by atoms with Crippen LogP contribution < -0.4 is 0 Å². The second kappa shape index (κ2) is 5.06. The van der Waals surface area contributed by atoms with Crippen molar-refractivity contribution < 1.29 is 19.2 Å². The van der Waals surface area contributed by atoms with Crippen LogP contribution in [-0.4, -0.2) is 23.1 Å². The first kappa shape index (κ1) is 14.2. The smallest absolute Gasteiger partial charge is 0.195 e. The molecule has 0 radical (unpaired) electrons. The second-order valence-corrected chi connectivity index (χ2v) is 5.59. The number of hydrogen-bond acceptors (Lipinski definition) is 4. The van der Waals surface area contributed by atoms with Crippen LogP contribution in [0.1, 0.15) is 37.4 Å². The summed E-state index contributed by atoms with van der Waals surface area (Å²) in [4.78, 5) is 49.4. The van der Waals surface area contributed by atoms with Crippen LogP contribution in [0, 0.1) is 0 Å². The van der Waals surface area contributed by atoms with Crippen LogP contribution in [0.5, 0.6) is 0 Å². The highest BCUT2D eigenvalue weighted by Crippen LogP contribution is 2.33. The fourth-order valence-electron chi connectivity index (χ4n) is 3.09. The zero-order valence-corrected chi connectivity index (χ0v) is 12.4. The minimum atomic E-state index is -0.359. The van der Waals surface area contributed by atoms with E-state index < -0.39 is 0 Å². The van der Waals surface area contributed by atoms with Crippen LogP contribution in [0.2, 0.25) is 0 Å². The average molecular weight is 314 g/mol. The maximum atomic E-state index is 12.9. The van der Waals surface area contributed by atoms with Gasteiger partial charge in [-0.15, -0.1) is 0 Å². The topological polar surface area (TPSA) is 68.3 Å². The number of allylic oxidation sites excluding steroid dienone is 4. The number of ketones is 4. The molecule has 4 nitrogen and oxygen atoms in total. The molecule has 0 unspecified atom stereocenters. The molecule has 0 bridgehead atoms. The summed E-state index contributed by atoms with van der Waals surface area (Å²) >= 11 is 0. The number of carbonyl (C=O) groups is 4. The Morgan fingerprint density at radius 2 is 1.21 bits per heavy atom. The highest BCUT2D eigenvalue weighted by molar-refractivity contribution is 6.37. The van der Waals surface area contributed by atoms with Crippen LogP contribution >= 0.6 is 0 Å². The maximum absolute atomic E-state index is 12.9. The van der Waals surface area contributed by atoms with E-state index in [-0.39, 0.29) is 39.8 Å². The molecule has 0 fully saturated rings. The van der Waals surface area contributed by atoms with Crippen molar-refractivity contribution in [2.45, 2.75) is 0 Å². The highest BCUT2D eigenvalue weighted by Gasteiger charge is 2.33. The van der Waals surface area contributed by atoms with Gasteiger partial charge in [0.25, 0.3) is 0 Å². The summed E-state index contributed by atoms with van der Waals surface area (Å²) in [7, 11) is 0. The van der Waals surface area contributed by atoms with Gasteiger partial charge in [0.05, 0.1) is 0 Å². The second-order valence-electron chi connectivity index (χ2n) is 5.59. The predicted octanol–water partition coefficient (Wildman–Crippen LogP) is 2.55. The lowest BCUT2D eigenvalue weighted by molar-refractivity contribution is -0.113. The third kappa shape index (κ3) is 1.93. The zero-order chi connectivity index (χ0) is 16.8. The van der Waals surface area contributed by atoms with Gasteiger partial charge >= 0.3 is 0 Å². The van der Waals surface area contributed by atoms with E-state index in [0.717, 1.165) is 0 Å². The molecule has 2 aromatic rings. The van der Waals surface area contributed by atoms with Crippen LogP contribution in [0.25, 0.3) is 5.57 Å². The van der Waals surface area contributed by atoms with E-state index in [1.165, 1.54) is 18.2 Å². The Morgan fingerprint density at radius 1 is 0.583 bits per heavy atom. The molecule has 0 spiro atoms. The fraction of sp³-hybridized carbons (Fsp3) is 0. The zero-order valence-electron chi connectivity index (χ0n) is 12.4. The molecule has 0 heterocycles. The van der Waals surface area contributed by atoms with Gasteiger partial charge < -0.3 is 0 Å². The number of rotatable bonds is 1. The molecular weight excluding hydrogens is 304 g/mol. The molecular formula is C20H10O4. The molecule has 0 saturated heterocycles. The Hall–Kier alpha value is -3.40. The molecule has 2 aliphatic rings. The maximum Gasteiger partial charge on any atom is 0.195 e. The van der Waals surface area contributed by atoms with Gasteiger partial charge in [-0.1, -0.05) is 42.5 Å². The first-order valence-corrected chi connectivity index (χ1v) is 7.38. The quantitative estimate of drug-likeness (QED) is 0.647. The lowest BCUT2D eigenvalue weighted by atomic mass is 9.79. The minimum absolute atomic E-state index is 0.139. The summed E-state index contributed by atoms with van der Waals surface area (Å²) < 4.78 is 0. The molecule has 4 rings (SSSR count). The van der Waals surface area contributed by atoms with Crippen LogP contribution in [0.4, 0.5) is 0 Å². The molecule has 0 atom stereocenters. The van der Waals surface area contributed by atoms with Crippen molar-refractivity contribution in [1.82, 2.24) is 0 Å². The third-order valence-electron chi connectivity index (χ3n) is 4.19. The lowest BCUT2D eigenvalue weighted by Gasteiger charge is -2.21. The molecule has 0 saturated carbocycles. The highest BCUT2D eigenvalue weighted by atomic mass is 16.1. The largest absolute Gasteiger partial charge is 0.290 e. The van der Waals surface area contributed by atoms with Crippen LogP contribution in [0.15, 0.2) is 60.7 Å². The van der Waals surface area contributed by atoms with E-state index in [1.54, 1.807) is 42.5 Å². The van der Waals surface area contributed by atoms with E-state index in [2.05, 4.69) is 0 Å². The van der Waals surface area contributed by atoms with Crippen molar-refractivity contribution >= 4 is 28.7 Å². The number of fused-ring (bicyclic) bond motifs is 2. The summed E-state index contributed by atoms with van der Waals surface area (Å²) in [5.41, 5.74) is 1.57. The van der Waals surface area contributed by atoms with E-state index >= 15 is 0 Å². The minimum Gasteiger partial charge on any atom is -0.290 e. The van der Waals surface area contributed by atoms with E-state index in [0.29, 0.717) is 16.7 Å². The van der Waals surface area contributed by atoms with Gasteiger partial charge in [-0.3, -0.25) is 19.2 Å². The standard InChI is InChI=1S/C20H10O4/c21-11-8-9-17(22)16(10-11)12-6-3-7-15-18(12)20(24)14-5-2-1-4-13(14)19(15)23/h1-10H. The number of benzene rings is 2. The van der Waals surface area contributed by atoms with Crippen LogP contribution in [0.3, 0.4) is 0 Å². The van der Waals surface area contributed by atoms with E-state index in [4.69, 9.17) is 0 Å². The molecule has 4 heteroatoms. The van der Waals surface area contributed by atoms with Crippen molar-refractivity contribution in [3.63, 3.8) is 0 Å². The van der Waals surface area contributed by atoms with Crippen molar-refractivity contribution in [2.24, 2.45) is 0 Å². The Balaban J connectivity index is 1.99. The summed E-state index contributed by atoms with van der Waals surface area (Å²) in [6, 6.07) is 11.4. The lowest BCUT2D eigenvalue weighted by Crippen LogP contribution is -2.23. The summed E-state index contributed by atoms with van der Waals surface area (Å²) in [6.07, 6.45) is 3.57. The summed E-state index contributed by atoms with van der Waals surface area (Å²) in [6.45, 7) is 0. The Morgan fingerprint density at radius 3 is 1.96 bits per heavy atom. The third-order valence-corrected chi connectivity index (χ3v) is 4.19. The first-order chi connectivity index (χ1) is 11.6. The normalized spacial score (nSPS) is 15.9. The fourth-order valence-corrected chi connectivity index (χ4v) is 3.09. The van der Waals surface area contributed by atoms with Crippen molar-refractivity contribution in [3.05, 3.63) is 88.5 Å². The van der Waals surface area contributed by atoms with E-state index in [9.17, 15) is 19.2 Å². The number of carbonyl (C=O) groups excluding carboxylic acids is 4. The summed E-state index contributed by atoms with van der Waals surface area (Å²) in [5, 5.41) is 0. The number of hydrogen-bond donors (Lipinski definition) is 0. The van der Waals surface area contributed by atoms with Gasteiger partial charge in [-0.05, 0) is 23.8 Å². The molecule has 0 N–H and O–H groups in total. The van der Waals surface area contributed by atoms with Crippen molar-refractivity contribution in [1.29, 1.82) is 0 Å². The Labute approximate surface area is 137 Å². The summed E-state index contributed by atoms with van der Waals surface area (Å²) in [5.74, 6) is -1.25. The Kier molecular flexibility index (Phi) is 3.00. The molecule has 2 aliphatic carbocycles. The van der Waals surface area contributed by atoms with Gasteiger partial charge in [0.15, 0.2) is 23.1 Å². The van der Waals surface area contributed by atoms with Gasteiger partial charge in [0.1, 0.15) is 0 Å². The SMILES string of the molecule is O=C1C=CC(=O)C(c2cccc3c2C(=O)c2ccccc2C3=O)=C1. The van der Waals surface area contributed by atoms with Crippen LogP contribution in [-0.2, 0) is 9.59 Å². The van der Waals surface area contributed by atoms with E-state index in [1.807, 2.05) is 0 Å². The molecule has 0 aliphatic heterocycles. The van der Waals surface area contributed by atoms with Gasteiger partial charge in [-0.2, -0.15) is 0 Å². The predicted molar refractivity (Wildman–Crippen MR) is 86.9 cm³/mol. The monoisotopic (exact) mass is 314 g/mol. The van der Waals surface area contributed by atoms with Crippen molar-refractivity contribution in [3.8, 4) is 0 Å². The Bertz CT molecular complexity index is 1020.